The summed E-state index contributed by atoms with van der Waals surface area (Å²) in [7, 11) is 1.85. The Kier molecular flexibility index (Phi) is 5.57. The maximum atomic E-state index is 12.5. The number of carbonyl (C=O) groups is 1. The van der Waals surface area contributed by atoms with E-state index >= 15 is 0 Å². The second-order valence-corrected chi connectivity index (χ2v) is 7.08. The maximum Gasteiger partial charge on any atom is 0.242 e. The average Bonchev–Trinajstić information content (AvgIpc) is 2.37. The van der Waals surface area contributed by atoms with Crippen molar-refractivity contribution >= 4 is 5.91 Å². The topological polar surface area (TPSA) is 46.3 Å². The molecular formula is C18H30N2O. The number of hydrogen-bond acceptors (Lipinski definition) is 2. The van der Waals surface area contributed by atoms with Gasteiger partial charge in [0.1, 0.15) is 0 Å². The summed E-state index contributed by atoms with van der Waals surface area (Å²) in [4.78, 5) is 14.3. The molecule has 0 saturated carbocycles. The van der Waals surface area contributed by atoms with E-state index in [9.17, 15) is 4.79 Å². The minimum absolute atomic E-state index is 0.0181. The molecule has 0 saturated heterocycles. The highest BCUT2D eigenvalue weighted by molar-refractivity contribution is 5.85. The summed E-state index contributed by atoms with van der Waals surface area (Å²) in [6.07, 6.45) is 1.62. The van der Waals surface area contributed by atoms with Crippen LogP contribution in [-0.4, -0.2) is 29.9 Å². The molecule has 3 nitrogen and oxygen atoms in total. The van der Waals surface area contributed by atoms with Crippen LogP contribution in [0.4, 0.5) is 0 Å². The largest absolute Gasteiger partial charge is 0.343 e. The van der Waals surface area contributed by atoms with E-state index in [0.29, 0.717) is 13.0 Å². The Labute approximate surface area is 129 Å². The first kappa shape index (κ1) is 17.7. The highest BCUT2D eigenvalue weighted by Gasteiger charge is 2.33. The van der Waals surface area contributed by atoms with E-state index in [-0.39, 0.29) is 11.3 Å². The molecule has 2 N–H and O–H groups in total. The summed E-state index contributed by atoms with van der Waals surface area (Å²) in [5.41, 5.74) is 7.77. The minimum Gasteiger partial charge on any atom is -0.343 e. The third-order valence-electron chi connectivity index (χ3n) is 4.07. The Morgan fingerprint density at radius 3 is 2.19 bits per heavy atom. The van der Waals surface area contributed by atoms with Gasteiger partial charge in [0.2, 0.25) is 5.91 Å². The number of likely N-dealkylation sites (N-methyl/N-ethyl adjacent to an activating group) is 1. The summed E-state index contributed by atoms with van der Waals surface area (Å²) < 4.78 is 0. The molecule has 118 valence electrons. The molecule has 1 rings (SSSR count). The van der Waals surface area contributed by atoms with Gasteiger partial charge in [0.15, 0.2) is 0 Å². The number of rotatable bonds is 6. The fourth-order valence-electron chi connectivity index (χ4n) is 2.82. The molecule has 0 fully saturated rings. The van der Waals surface area contributed by atoms with E-state index in [1.165, 1.54) is 11.1 Å². The van der Waals surface area contributed by atoms with Gasteiger partial charge in [-0.05, 0) is 25.8 Å². The van der Waals surface area contributed by atoms with Crippen molar-refractivity contribution in [2.45, 2.75) is 58.4 Å². The molecule has 1 aromatic rings. The number of hydrogen-bond donors (Lipinski definition) is 1. The Balaban J connectivity index is 2.83. The van der Waals surface area contributed by atoms with Crippen LogP contribution in [-0.2, 0) is 10.2 Å². The number of benzene rings is 1. The van der Waals surface area contributed by atoms with E-state index in [4.69, 9.17) is 5.73 Å². The van der Waals surface area contributed by atoms with Crippen LogP contribution in [0.1, 0.15) is 51.7 Å². The lowest BCUT2D eigenvalue weighted by Gasteiger charge is -2.35. The first-order valence-electron chi connectivity index (χ1n) is 7.72. The van der Waals surface area contributed by atoms with Gasteiger partial charge in [-0.15, -0.1) is 0 Å². The summed E-state index contributed by atoms with van der Waals surface area (Å²) >= 11 is 0. The zero-order chi connectivity index (χ0) is 16.3. The van der Waals surface area contributed by atoms with Crippen molar-refractivity contribution in [3.63, 3.8) is 0 Å². The molecule has 0 aliphatic heterocycles. The van der Waals surface area contributed by atoms with Crippen LogP contribution in [0, 0.1) is 6.92 Å². The van der Waals surface area contributed by atoms with Crippen LogP contribution in [0.3, 0.4) is 0 Å². The van der Waals surface area contributed by atoms with Gasteiger partial charge in [0.25, 0.3) is 0 Å². The first-order chi connectivity index (χ1) is 9.60. The van der Waals surface area contributed by atoms with Gasteiger partial charge in [0.05, 0.1) is 5.54 Å². The van der Waals surface area contributed by atoms with Crippen molar-refractivity contribution in [1.29, 1.82) is 0 Å². The zero-order valence-corrected chi connectivity index (χ0v) is 14.4. The molecule has 1 unspecified atom stereocenters. The summed E-state index contributed by atoms with van der Waals surface area (Å²) in [5, 5.41) is 0. The number of nitrogens with zero attached hydrogens (tertiary/aromatic N) is 1. The molecule has 0 spiro atoms. The number of amides is 1. The summed E-state index contributed by atoms with van der Waals surface area (Å²) in [6.45, 7) is 10.9. The second-order valence-electron chi connectivity index (χ2n) is 7.08. The van der Waals surface area contributed by atoms with Gasteiger partial charge in [-0.2, -0.15) is 0 Å². The smallest absolute Gasteiger partial charge is 0.242 e. The Morgan fingerprint density at radius 2 is 1.71 bits per heavy atom. The zero-order valence-electron chi connectivity index (χ0n) is 14.4. The molecule has 1 aromatic carbocycles. The molecule has 0 aliphatic carbocycles. The van der Waals surface area contributed by atoms with Crippen molar-refractivity contribution in [3.05, 3.63) is 35.4 Å². The lowest BCUT2D eigenvalue weighted by atomic mass is 9.83. The third kappa shape index (κ3) is 4.57. The van der Waals surface area contributed by atoms with Gasteiger partial charge in [-0.1, -0.05) is 57.0 Å². The predicted octanol–water partition coefficient (Wildman–Crippen LogP) is 3.25. The quantitative estimate of drug-likeness (QED) is 0.874. The highest BCUT2D eigenvalue weighted by atomic mass is 16.2. The fourth-order valence-corrected chi connectivity index (χ4v) is 2.82. The normalized spacial score (nSPS) is 14.6. The van der Waals surface area contributed by atoms with Crippen LogP contribution < -0.4 is 5.73 Å². The van der Waals surface area contributed by atoms with Gasteiger partial charge in [0, 0.05) is 19.0 Å². The molecule has 21 heavy (non-hydrogen) atoms. The lowest BCUT2D eigenvalue weighted by Crippen LogP contribution is -2.54. The Morgan fingerprint density at radius 1 is 1.19 bits per heavy atom. The first-order valence-corrected chi connectivity index (χ1v) is 7.72. The third-order valence-corrected chi connectivity index (χ3v) is 4.07. The van der Waals surface area contributed by atoms with Crippen LogP contribution in [0.2, 0.25) is 0 Å². The van der Waals surface area contributed by atoms with Crippen molar-refractivity contribution in [2.24, 2.45) is 5.73 Å². The van der Waals surface area contributed by atoms with Gasteiger partial charge in [-0.3, -0.25) is 4.79 Å². The van der Waals surface area contributed by atoms with E-state index in [0.717, 1.165) is 6.42 Å². The number of carbonyl (C=O) groups excluding carboxylic acids is 1. The molecule has 3 heteroatoms. The highest BCUT2D eigenvalue weighted by Crippen LogP contribution is 2.25. The Bertz CT molecular complexity index is 474. The molecule has 0 aliphatic rings. The van der Waals surface area contributed by atoms with Crippen LogP contribution in [0.5, 0.6) is 0 Å². The maximum absolute atomic E-state index is 12.5. The van der Waals surface area contributed by atoms with Gasteiger partial charge >= 0.3 is 0 Å². The number of aryl methyl sites for hydroxylation is 1. The van der Waals surface area contributed by atoms with Crippen molar-refractivity contribution < 1.29 is 4.79 Å². The lowest BCUT2D eigenvalue weighted by molar-refractivity contribution is -0.136. The van der Waals surface area contributed by atoms with Crippen LogP contribution in [0.15, 0.2) is 24.3 Å². The predicted molar refractivity (Wildman–Crippen MR) is 89.3 cm³/mol. The molecule has 0 bridgehead atoms. The van der Waals surface area contributed by atoms with E-state index in [2.05, 4.69) is 52.0 Å². The van der Waals surface area contributed by atoms with Gasteiger partial charge in [-0.25, -0.2) is 0 Å². The monoisotopic (exact) mass is 290 g/mol. The second kappa shape index (κ2) is 6.61. The molecule has 0 aromatic heterocycles. The molecule has 0 heterocycles. The van der Waals surface area contributed by atoms with Crippen molar-refractivity contribution in [1.82, 2.24) is 4.90 Å². The van der Waals surface area contributed by atoms with Crippen LogP contribution >= 0.6 is 0 Å². The van der Waals surface area contributed by atoms with Gasteiger partial charge < -0.3 is 10.6 Å². The van der Waals surface area contributed by atoms with E-state index in [1.807, 2.05) is 14.0 Å². The van der Waals surface area contributed by atoms with E-state index < -0.39 is 5.54 Å². The molecule has 0 radical (unpaired) electrons. The van der Waals surface area contributed by atoms with Crippen molar-refractivity contribution in [3.8, 4) is 0 Å². The standard InChI is InChI=1S/C18H30N2O/c1-7-12-18(5,19)16(21)20(6)13-17(3,4)15-10-8-14(2)9-11-15/h8-11H,7,12-13,19H2,1-6H3. The van der Waals surface area contributed by atoms with E-state index in [1.54, 1.807) is 4.90 Å². The van der Waals surface area contributed by atoms with Crippen molar-refractivity contribution in [2.75, 3.05) is 13.6 Å². The molecular weight excluding hydrogens is 260 g/mol. The molecule has 1 amide bonds. The Hall–Kier alpha value is -1.35. The number of nitrogens with two attached hydrogens (primary N) is 1. The molecule has 1 atom stereocenters. The average molecular weight is 290 g/mol. The summed E-state index contributed by atoms with van der Waals surface area (Å²) in [6, 6.07) is 8.51. The van der Waals surface area contributed by atoms with Crippen LogP contribution in [0.25, 0.3) is 0 Å². The fraction of sp³-hybridized carbons (Fsp3) is 0.611. The SMILES string of the molecule is CCCC(C)(N)C(=O)N(C)CC(C)(C)c1ccc(C)cc1. The minimum atomic E-state index is -0.771. The summed E-state index contributed by atoms with van der Waals surface area (Å²) in [5.74, 6) is 0.0181.